The number of piperidine rings is 1. The number of likely N-dealkylation sites (tertiary alicyclic amines) is 1. The lowest BCUT2D eigenvalue weighted by atomic mass is 10.0. The van der Waals surface area contributed by atoms with Crippen LogP contribution < -0.4 is 5.32 Å². The molecule has 0 unspecified atom stereocenters. The van der Waals surface area contributed by atoms with Gasteiger partial charge in [0, 0.05) is 43.5 Å². The number of aliphatic hydroxyl groups excluding tert-OH is 1. The first-order chi connectivity index (χ1) is 11.5. The molecule has 0 aromatic heterocycles. The number of ketones is 1. The molecule has 0 atom stereocenters. The summed E-state index contributed by atoms with van der Waals surface area (Å²) >= 11 is 0. The Morgan fingerprint density at radius 2 is 2.04 bits per heavy atom. The maximum Gasteiger partial charge on any atom is 0.321 e. The molecule has 6 nitrogen and oxygen atoms in total. The smallest absolute Gasteiger partial charge is 0.321 e. The van der Waals surface area contributed by atoms with Gasteiger partial charge < -0.3 is 20.2 Å². The first kappa shape index (κ1) is 18.4. The van der Waals surface area contributed by atoms with E-state index in [1.165, 1.54) is 6.92 Å². The van der Waals surface area contributed by atoms with Gasteiger partial charge in [-0.05, 0) is 45.4 Å². The number of carbonyl (C=O) groups excluding carboxylic acids is 2. The summed E-state index contributed by atoms with van der Waals surface area (Å²) < 4.78 is 0. The van der Waals surface area contributed by atoms with Crippen molar-refractivity contribution in [1.29, 1.82) is 0 Å². The number of hydrogen-bond donors (Lipinski definition) is 2. The number of anilines is 1. The fourth-order valence-electron chi connectivity index (χ4n) is 3.03. The van der Waals surface area contributed by atoms with Gasteiger partial charge in [0.05, 0.1) is 0 Å². The highest BCUT2D eigenvalue weighted by atomic mass is 16.3. The van der Waals surface area contributed by atoms with E-state index in [0.717, 1.165) is 25.8 Å². The largest absolute Gasteiger partial charge is 0.396 e. The number of Topliss-reactive ketones (excluding diaryl/α,β-unsaturated/α-hetero) is 1. The van der Waals surface area contributed by atoms with Crippen molar-refractivity contribution < 1.29 is 14.7 Å². The first-order valence-corrected chi connectivity index (χ1v) is 8.49. The summed E-state index contributed by atoms with van der Waals surface area (Å²) in [5, 5.41) is 11.8. The van der Waals surface area contributed by atoms with Gasteiger partial charge in [-0.2, -0.15) is 0 Å². The molecule has 2 rings (SSSR count). The van der Waals surface area contributed by atoms with Crippen molar-refractivity contribution in [2.24, 2.45) is 0 Å². The van der Waals surface area contributed by atoms with Gasteiger partial charge in [0.25, 0.3) is 0 Å². The van der Waals surface area contributed by atoms with Gasteiger partial charge in [-0.3, -0.25) is 4.79 Å². The van der Waals surface area contributed by atoms with Crippen molar-refractivity contribution >= 4 is 17.5 Å². The maximum absolute atomic E-state index is 12.4. The number of urea groups is 1. The number of carbonyl (C=O) groups is 2. The van der Waals surface area contributed by atoms with Crippen LogP contribution in [-0.4, -0.2) is 66.1 Å². The highest BCUT2D eigenvalue weighted by Crippen LogP contribution is 2.18. The number of amides is 2. The second-order valence-electron chi connectivity index (χ2n) is 6.34. The van der Waals surface area contributed by atoms with Gasteiger partial charge in [0.1, 0.15) is 0 Å². The van der Waals surface area contributed by atoms with Gasteiger partial charge >= 0.3 is 6.03 Å². The molecule has 1 aliphatic rings. The predicted octanol–water partition coefficient (Wildman–Crippen LogP) is 2.20. The van der Waals surface area contributed by atoms with E-state index in [1.54, 1.807) is 24.3 Å². The Morgan fingerprint density at radius 3 is 2.67 bits per heavy atom. The Labute approximate surface area is 143 Å². The fourth-order valence-corrected chi connectivity index (χ4v) is 3.03. The fraction of sp³-hybridized carbons (Fsp3) is 0.556. The van der Waals surface area contributed by atoms with Crippen molar-refractivity contribution in [3.63, 3.8) is 0 Å². The highest BCUT2D eigenvalue weighted by Gasteiger charge is 2.25. The van der Waals surface area contributed by atoms with Gasteiger partial charge in [-0.1, -0.05) is 12.1 Å². The van der Waals surface area contributed by atoms with Gasteiger partial charge in [-0.15, -0.1) is 0 Å². The van der Waals surface area contributed by atoms with Crippen molar-refractivity contribution in [2.75, 3.05) is 38.6 Å². The molecular weight excluding hydrogens is 306 g/mol. The average molecular weight is 333 g/mol. The molecule has 132 valence electrons. The molecule has 0 aliphatic carbocycles. The maximum atomic E-state index is 12.4. The highest BCUT2D eigenvalue weighted by molar-refractivity contribution is 5.96. The lowest BCUT2D eigenvalue weighted by Crippen LogP contribution is -2.47. The van der Waals surface area contributed by atoms with Crippen LogP contribution in [0.2, 0.25) is 0 Å². The first-order valence-electron chi connectivity index (χ1n) is 8.49. The third-order valence-corrected chi connectivity index (χ3v) is 4.56. The SMILES string of the molecule is CC(=O)c1cccc(NC(=O)N2CCC(N(C)CCCO)CC2)c1. The minimum absolute atomic E-state index is 0.0159. The number of aliphatic hydroxyl groups is 1. The summed E-state index contributed by atoms with van der Waals surface area (Å²) in [6, 6.07) is 7.35. The standard InChI is InChI=1S/C18H27N3O3/c1-14(23)15-5-3-6-16(13-15)19-18(24)21-10-7-17(8-11-21)20(2)9-4-12-22/h3,5-6,13,17,22H,4,7-12H2,1-2H3,(H,19,24). The van der Waals surface area contributed by atoms with Crippen molar-refractivity contribution in [2.45, 2.75) is 32.2 Å². The number of nitrogens with one attached hydrogen (secondary N) is 1. The zero-order valence-corrected chi connectivity index (χ0v) is 14.5. The predicted molar refractivity (Wildman–Crippen MR) is 94.4 cm³/mol. The second-order valence-corrected chi connectivity index (χ2v) is 6.34. The van der Waals surface area contributed by atoms with Crippen LogP contribution in [0.3, 0.4) is 0 Å². The van der Waals surface area contributed by atoms with Crippen molar-refractivity contribution in [3.05, 3.63) is 29.8 Å². The minimum Gasteiger partial charge on any atom is -0.396 e. The Kier molecular flexibility index (Phi) is 6.75. The molecular formula is C18H27N3O3. The van der Waals surface area contributed by atoms with Crippen LogP contribution in [0.4, 0.5) is 10.5 Å². The third kappa shape index (κ3) is 5.04. The zero-order valence-electron chi connectivity index (χ0n) is 14.5. The number of hydrogen-bond acceptors (Lipinski definition) is 4. The van der Waals surface area contributed by atoms with E-state index in [1.807, 2.05) is 4.90 Å². The molecule has 2 N–H and O–H groups in total. The topological polar surface area (TPSA) is 72.9 Å². The van der Waals surface area contributed by atoms with Crippen LogP contribution in [0.15, 0.2) is 24.3 Å². The van der Waals surface area contributed by atoms with Crippen LogP contribution >= 0.6 is 0 Å². The molecule has 0 saturated carbocycles. The summed E-state index contributed by atoms with van der Waals surface area (Å²) in [7, 11) is 2.07. The molecule has 1 saturated heterocycles. The van der Waals surface area contributed by atoms with Crippen LogP contribution in [0.1, 0.15) is 36.5 Å². The van der Waals surface area contributed by atoms with Crippen LogP contribution in [-0.2, 0) is 0 Å². The zero-order chi connectivity index (χ0) is 17.5. The van der Waals surface area contributed by atoms with E-state index in [9.17, 15) is 9.59 Å². The van der Waals surface area contributed by atoms with E-state index < -0.39 is 0 Å². The quantitative estimate of drug-likeness (QED) is 0.783. The second kappa shape index (κ2) is 8.80. The lowest BCUT2D eigenvalue weighted by molar-refractivity contribution is 0.101. The summed E-state index contributed by atoms with van der Waals surface area (Å²) in [5.41, 5.74) is 1.24. The Hall–Kier alpha value is -1.92. The molecule has 0 spiro atoms. The normalized spacial score (nSPS) is 15.6. The van der Waals surface area contributed by atoms with Crippen molar-refractivity contribution in [1.82, 2.24) is 9.80 Å². The van der Waals surface area contributed by atoms with E-state index in [-0.39, 0.29) is 18.4 Å². The summed E-state index contributed by atoms with van der Waals surface area (Å²) in [4.78, 5) is 27.9. The minimum atomic E-state index is -0.118. The number of nitrogens with zero attached hydrogens (tertiary/aromatic N) is 2. The Bertz CT molecular complexity index is 568. The van der Waals surface area contributed by atoms with E-state index >= 15 is 0 Å². The molecule has 24 heavy (non-hydrogen) atoms. The molecule has 1 aromatic carbocycles. The van der Waals surface area contributed by atoms with Crippen molar-refractivity contribution in [3.8, 4) is 0 Å². The van der Waals surface area contributed by atoms with Gasteiger partial charge in [-0.25, -0.2) is 4.79 Å². The van der Waals surface area contributed by atoms with E-state index in [4.69, 9.17) is 5.11 Å². The van der Waals surface area contributed by atoms with E-state index in [2.05, 4.69) is 17.3 Å². The molecule has 0 radical (unpaired) electrons. The molecule has 1 aromatic rings. The lowest BCUT2D eigenvalue weighted by Gasteiger charge is -2.36. The van der Waals surface area contributed by atoms with Gasteiger partial charge in [0.15, 0.2) is 5.78 Å². The molecule has 2 amide bonds. The van der Waals surface area contributed by atoms with E-state index in [0.29, 0.717) is 30.4 Å². The molecule has 0 bridgehead atoms. The Balaban J connectivity index is 1.84. The van der Waals surface area contributed by atoms with Crippen LogP contribution in [0, 0.1) is 0 Å². The summed E-state index contributed by atoms with van der Waals surface area (Å²) in [6.07, 6.45) is 2.65. The average Bonchev–Trinajstić information content (AvgIpc) is 2.60. The molecule has 1 fully saturated rings. The monoisotopic (exact) mass is 333 g/mol. The number of benzene rings is 1. The van der Waals surface area contributed by atoms with Crippen LogP contribution in [0.25, 0.3) is 0 Å². The van der Waals surface area contributed by atoms with Gasteiger partial charge in [0.2, 0.25) is 0 Å². The third-order valence-electron chi connectivity index (χ3n) is 4.56. The summed E-state index contributed by atoms with van der Waals surface area (Å²) in [6.45, 7) is 4.04. The Morgan fingerprint density at radius 1 is 1.33 bits per heavy atom. The summed E-state index contributed by atoms with van der Waals surface area (Å²) in [5.74, 6) is -0.0159. The van der Waals surface area contributed by atoms with Crippen LogP contribution in [0.5, 0.6) is 0 Å². The molecule has 1 heterocycles. The molecule has 1 aliphatic heterocycles. The molecule has 6 heteroatoms. The number of rotatable bonds is 6.